The van der Waals surface area contributed by atoms with Crippen molar-refractivity contribution in [3.8, 4) is 11.4 Å². The summed E-state index contributed by atoms with van der Waals surface area (Å²) in [6.07, 6.45) is 6.72. The van der Waals surface area contributed by atoms with Gasteiger partial charge in [0.2, 0.25) is 0 Å². The molecule has 0 saturated carbocycles. The van der Waals surface area contributed by atoms with Crippen LogP contribution in [0.15, 0.2) is 53.5 Å². The first-order valence-electron chi connectivity index (χ1n) is 6.06. The fourth-order valence-corrected chi connectivity index (χ4v) is 2.18. The lowest BCUT2D eigenvalue weighted by atomic mass is 10.2. The Hall–Kier alpha value is -2.21. The Morgan fingerprint density at radius 2 is 1.95 bits per heavy atom. The van der Waals surface area contributed by atoms with Crippen LogP contribution in [0.3, 0.4) is 0 Å². The van der Waals surface area contributed by atoms with Gasteiger partial charge in [-0.1, -0.05) is 28.1 Å². The lowest BCUT2D eigenvalue weighted by Crippen LogP contribution is -2.00. The maximum atomic E-state index is 5.99. The number of halogens is 1. The molecule has 0 bridgehead atoms. The summed E-state index contributed by atoms with van der Waals surface area (Å²) >= 11 is 3.42. The van der Waals surface area contributed by atoms with Crippen LogP contribution in [0.2, 0.25) is 0 Å². The summed E-state index contributed by atoms with van der Waals surface area (Å²) in [4.78, 5) is 8.25. The molecule has 0 aliphatic heterocycles. The van der Waals surface area contributed by atoms with Crippen LogP contribution in [0.4, 0.5) is 5.69 Å². The van der Waals surface area contributed by atoms with Gasteiger partial charge in [-0.05, 0) is 17.7 Å². The maximum absolute atomic E-state index is 5.99. The Kier molecular flexibility index (Phi) is 3.47. The molecule has 6 heteroatoms. The van der Waals surface area contributed by atoms with E-state index in [1.54, 1.807) is 18.6 Å². The molecule has 0 radical (unpaired) electrons. The monoisotopic (exact) mass is 329 g/mol. The van der Waals surface area contributed by atoms with E-state index >= 15 is 0 Å². The molecule has 0 amide bonds. The standard InChI is InChI=1S/C14H12BrN5/c15-11-3-1-10(2-4-11)8-20-9-12(16)14(19-20)13-7-17-5-6-18-13/h1-7,9H,8,16H2. The summed E-state index contributed by atoms with van der Waals surface area (Å²) in [6.45, 7) is 0.664. The van der Waals surface area contributed by atoms with Gasteiger partial charge in [-0.3, -0.25) is 14.6 Å². The van der Waals surface area contributed by atoms with Crippen LogP contribution in [-0.2, 0) is 6.54 Å². The first-order chi connectivity index (χ1) is 9.72. The molecule has 0 unspecified atom stereocenters. The second-order valence-corrected chi connectivity index (χ2v) is 5.26. The number of hydrogen-bond donors (Lipinski definition) is 1. The lowest BCUT2D eigenvalue weighted by Gasteiger charge is -2.01. The number of nitrogen functional groups attached to an aromatic ring is 1. The highest BCUT2D eigenvalue weighted by Gasteiger charge is 2.10. The molecule has 100 valence electrons. The third-order valence-corrected chi connectivity index (χ3v) is 3.38. The highest BCUT2D eigenvalue weighted by atomic mass is 79.9. The molecular formula is C14H12BrN5. The van der Waals surface area contributed by atoms with E-state index in [-0.39, 0.29) is 0 Å². The molecular weight excluding hydrogens is 318 g/mol. The summed E-state index contributed by atoms with van der Waals surface area (Å²) in [5.41, 5.74) is 9.09. The first kappa shape index (κ1) is 12.8. The van der Waals surface area contributed by atoms with Gasteiger partial charge in [0.25, 0.3) is 0 Å². The van der Waals surface area contributed by atoms with E-state index in [0.29, 0.717) is 23.6 Å². The Balaban J connectivity index is 1.87. The molecule has 0 spiro atoms. The Morgan fingerprint density at radius 3 is 2.65 bits per heavy atom. The number of rotatable bonds is 3. The fourth-order valence-electron chi connectivity index (χ4n) is 1.92. The van der Waals surface area contributed by atoms with Crippen molar-refractivity contribution in [2.75, 3.05) is 5.73 Å². The number of hydrogen-bond acceptors (Lipinski definition) is 4. The number of benzene rings is 1. The van der Waals surface area contributed by atoms with Gasteiger partial charge in [-0.25, -0.2) is 0 Å². The van der Waals surface area contributed by atoms with E-state index in [0.717, 1.165) is 10.0 Å². The summed E-state index contributed by atoms with van der Waals surface area (Å²) in [6, 6.07) is 8.10. The number of anilines is 1. The van der Waals surface area contributed by atoms with Crippen LogP contribution in [0, 0.1) is 0 Å². The highest BCUT2D eigenvalue weighted by molar-refractivity contribution is 9.10. The molecule has 1 aromatic carbocycles. The van der Waals surface area contributed by atoms with Crippen LogP contribution in [0.1, 0.15) is 5.56 Å². The van der Waals surface area contributed by atoms with Crippen molar-refractivity contribution in [3.63, 3.8) is 0 Å². The average Bonchev–Trinajstić information content (AvgIpc) is 2.83. The van der Waals surface area contributed by atoms with Crippen LogP contribution < -0.4 is 5.73 Å². The van der Waals surface area contributed by atoms with Crippen LogP contribution >= 0.6 is 15.9 Å². The molecule has 0 aliphatic carbocycles. The van der Waals surface area contributed by atoms with Gasteiger partial charge in [0.1, 0.15) is 11.4 Å². The van der Waals surface area contributed by atoms with E-state index in [4.69, 9.17) is 5.73 Å². The number of nitrogens with zero attached hydrogens (tertiary/aromatic N) is 4. The molecule has 20 heavy (non-hydrogen) atoms. The van der Waals surface area contributed by atoms with E-state index < -0.39 is 0 Å². The zero-order chi connectivity index (χ0) is 13.9. The van der Waals surface area contributed by atoms with E-state index in [9.17, 15) is 0 Å². The highest BCUT2D eigenvalue weighted by Crippen LogP contribution is 2.21. The van der Waals surface area contributed by atoms with Crippen molar-refractivity contribution in [2.24, 2.45) is 0 Å². The van der Waals surface area contributed by atoms with Crippen LogP contribution in [0.5, 0.6) is 0 Å². The van der Waals surface area contributed by atoms with Crippen LogP contribution in [-0.4, -0.2) is 19.7 Å². The van der Waals surface area contributed by atoms with Crippen molar-refractivity contribution in [3.05, 3.63) is 59.1 Å². The van der Waals surface area contributed by atoms with Gasteiger partial charge in [0.05, 0.1) is 18.4 Å². The third-order valence-electron chi connectivity index (χ3n) is 2.85. The molecule has 5 nitrogen and oxygen atoms in total. The molecule has 0 atom stereocenters. The van der Waals surface area contributed by atoms with Gasteiger partial charge in [0, 0.05) is 23.1 Å². The van der Waals surface area contributed by atoms with Crippen LogP contribution in [0.25, 0.3) is 11.4 Å². The second kappa shape index (κ2) is 5.42. The molecule has 3 rings (SSSR count). The first-order valence-corrected chi connectivity index (χ1v) is 6.85. The smallest absolute Gasteiger partial charge is 0.135 e. The Labute approximate surface area is 124 Å². The minimum atomic E-state index is 0.600. The van der Waals surface area contributed by atoms with Crippen molar-refractivity contribution in [1.82, 2.24) is 19.7 Å². The fraction of sp³-hybridized carbons (Fsp3) is 0.0714. The molecule has 2 aromatic heterocycles. The topological polar surface area (TPSA) is 69.6 Å². The van der Waals surface area contributed by atoms with Gasteiger partial charge in [0.15, 0.2) is 0 Å². The predicted octanol–water partition coefficient (Wildman–Crippen LogP) is 2.73. The van der Waals surface area contributed by atoms with Gasteiger partial charge < -0.3 is 5.73 Å². The molecule has 0 aliphatic rings. The maximum Gasteiger partial charge on any atom is 0.135 e. The largest absolute Gasteiger partial charge is 0.396 e. The third kappa shape index (κ3) is 2.70. The molecule has 3 aromatic rings. The summed E-state index contributed by atoms with van der Waals surface area (Å²) < 4.78 is 2.87. The molecule has 0 saturated heterocycles. The minimum Gasteiger partial charge on any atom is -0.396 e. The molecule has 0 fully saturated rings. The van der Waals surface area contributed by atoms with Crippen molar-refractivity contribution in [1.29, 1.82) is 0 Å². The minimum absolute atomic E-state index is 0.600. The second-order valence-electron chi connectivity index (χ2n) is 4.35. The van der Waals surface area contributed by atoms with E-state index in [2.05, 4.69) is 31.0 Å². The molecule has 2 heterocycles. The average molecular weight is 330 g/mol. The zero-order valence-corrected chi connectivity index (χ0v) is 12.2. The van der Waals surface area contributed by atoms with Crippen molar-refractivity contribution >= 4 is 21.6 Å². The predicted molar refractivity (Wildman–Crippen MR) is 80.9 cm³/mol. The normalized spacial score (nSPS) is 10.7. The van der Waals surface area contributed by atoms with Gasteiger partial charge in [-0.15, -0.1) is 0 Å². The van der Waals surface area contributed by atoms with E-state index in [1.807, 2.05) is 35.1 Å². The van der Waals surface area contributed by atoms with Gasteiger partial charge in [-0.2, -0.15) is 5.10 Å². The Bertz CT molecular complexity index is 706. The summed E-state index contributed by atoms with van der Waals surface area (Å²) in [5, 5.41) is 4.48. The SMILES string of the molecule is Nc1cn(Cc2ccc(Br)cc2)nc1-c1cnccn1. The van der Waals surface area contributed by atoms with Crippen molar-refractivity contribution in [2.45, 2.75) is 6.54 Å². The summed E-state index contributed by atoms with van der Waals surface area (Å²) in [5.74, 6) is 0. The van der Waals surface area contributed by atoms with E-state index in [1.165, 1.54) is 0 Å². The van der Waals surface area contributed by atoms with Crippen molar-refractivity contribution < 1.29 is 0 Å². The quantitative estimate of drug-likeness (QED) is 0.802. The molecule has 2 N–H and O–H groups in total. The number of nitrogens with two attached hydrogens (primary N) is 1. The number of aromatic nitrogens is 4. The lowest BCUT2D eigenvalue weighted by molar-refractivity contribution is 0.689. The zero-order valence-electron chi connectivity index (χ0n) is 10.6. The van der Waals surface area contributed by atoms with Gasteiger partial charge >= 0.3 is 0 Å². The summed E-state index contributed by atoms with van der Waals surface area (Å²) in [7, 11) is 0. The Morgan fingerprint density at radius 1 is 1.15 bits per heavy atom.